The molecule has 1 heterocycles. The van der Waals surface area contributed by atoms with Crippen molar-refractivity contribution in [2.24, 2.45) is 0 Å². The third-order valence-corrected chi connectivity index (χ3v) is 5.70. The Hall–Kier alpha value is -2.02. The van der Waals surface area contributed by atoms with Crippen LogP contribution in [0.25, 0.3) is 6.08 Å². The summed E-state index contributed by atoms with van der Waals surface area (Å²) < 4.78 is 12.2. The molecule has 0 N–H and O–H groups in total. The maximum atomic E-state index is 12.4. The molecule has 0 bridgehead atoms. The monoisotopic (exact) mass is 433 g/mol. The number of halogens is 1. The van der Waals surface area contributed by atoms with E-state index in [1.54, 1.807) is 17.0 Å². The molecule has 4 nitrogen and oxygen atoms in total. The standard InChI is InChI=1S/C21H20ClNO3S2/c1-3-23-20(24)18(28-21(23)27)12-15-10-16(22)19(17(11-15)25-4-2)26-13-14-8-6-5-7-9-14/h5-12H,3-4,13H2,1-2H3/b18-12+. The Bertz CT molecular complexity index is 915. The molecule has 0 saturated carbocycles. The average molecular weight is 434 g/mol. The number of carbonyl (C=O) groups excluding carboxylic acids is 1. The minimum Gasteiger partial charge on any atom is -0.490 e. The first kappa shape index (κ1) is 20.7. The molecule has 28 heavy (non-hydrogen) atoms. The van der Waals surface area contributed by atoms with E-state index in [4.69, 9.17) is 33.3 Å². The zero-order chi connectivity index (χ0) is 20.1. The number of benzene rings is 2. The predicted molar refractivity (Wildman–Crippen MR) is 119 cm³/mol. The zero-order valence-electron chi connectivity index (χ0n) is 15.6. The van der Waals surface area contributed by atoms with Gasteiger partial charge in [-0.25, -0.2) is 0 Å². The Kier molecular flexibility index (Phi) is 6.99. The first-order chi connectivity index (χ1) is 13.5. The molecule has 0 aromatic heterocycles. The lowest BCUT2D eigenvalue weighted by atomic mass is 10.1. The predicted octanol–water partition coefficient (Wildman–Crippen LogP) is 5.54. The molecule has 2 aromatic rings. The number of thiocarbonyl (C=S) groups is 1. The van der Waals surface area contributed by atoms with Gasteiger partial charge in [-0.1, -0.05) is 65.9 Å². The second-order valence-electron chi connectivity index (χ2n) is 5.96. The highest BCUT2D eigenvalue weighted by Crippen LogP contribution is 2.39. The quantitative estimate of drug-likeness (QED) is 0.423. The molecule has 0 unspecified atom stereocenters. The summed E-state index contributed by atoms with van der Waals surface area (Å²) >= 11 is 13.0. The molecule has 1 aliphatic rings. The van der Waals surface area contributed by atoms with Crippen molar-refractivity contribution < 1.29 is 14.3 Å². The smallest absolute Gasteiger partial charge is 0.266 e. The van der Waals surface area contributed by atoms with Crippen LogP contribution in [-0.4, -0.2) is 28.3 Å². The zero-order valence-corrected chi connectivity index (χ0v) is 18.0. The first-order valence-corrected chi connectivity index (χ1v) is 10.5. The van der Waals surface area contributed by atoms with Crippen LogP contribution in [-0.2, 0) is 11.4 Å². The summed E-state index contributed by atoms with van der Waals surface area (Å²) in [5, 5.41) is 0.430. The van der Waals surface area contributed by atoms with Gasteiger partial charge in [0.25, 0.3) is 5.91 Å². The fraction of sp³-hybridized carbons (Fsp3) is 0.238. The Morgan fingerprint density at radius 1 is 1.18 bits per heavy atom. The molecule has 0 atom stereocenters. The second kappa shape index (κ2) is 9.45. The van der Waals surface area contributed by atoms with Crippen LogP contribution in [0.15, 0.2) is 47.4 Å². The number of hydrogen-bond acceptors (Lipinski definition) is 5. The topological polar surface area (TPSA) is 38.8 Å². The number of ether oxygens (including phenoxy) is 2. The van der Waals surface area contributed by atoms with Crippen molar-refractivity contribution in [3.05, 3.63) is 63.5 Å². The van der Waals surface area contributed by atoms with E-state index in [1.807, 2.05) is 50.2 Å². The lowest BCUT2D eigenvalue weighted by Crippen LogP contribution is -2.27. The third kappa shape index (κ3) is 4.69. The average Bonchev–Trinajstić information content (AvgIpc) is 2.94. The number of hydrogen-bond donors (Lipinski definition) is 0. The summed E-state index contributed by atoms with van der Waals surface area (Å²) in [5.41, 5.74) is 1.80. The first-order valence-electron chi connectivity index (χ1n) is 8.92. The molecule has 7 heteroatoms. The van der Waals surface area contributed by atoms with Crippen molar-refractivity contribution >= 4 is 51.9 Å². The van der Waals surface area contributed by atoms with E-state index in [0.29, 0.717) is 45.5 Å². The summed E-state index contributed by atoms with van der Waals surface area (Å²) in [4.78, 5) is 14.6. The van der Waals surface area contributed by atoms with Crippen LogP contribution in [0.2, 0.25) is 5.02 Å². The molecule has 146 valence electrons. The van der Waals surface area contributed by atoms with Crippen LogP contribution in [0.1, 0.15) is 25.0 Å². The van der Waals surface area contributed by atoms with Crippen LogP contribution < -0.4 is 9.47 Å². The van der Waals surface area contributed by atoms with Crippen LogP contribution >= 0.6 is 35.6 Å². The van der Waals surface area contributed by atoms with E-state index in [2.05, 4.69) is 0 Å². The Morgan fingerprint density at radius 2 is 1.93 bits per heavy atom. The second-order valence-corrected chi connectivity index (χ2v) is 8.05. The van der Waals surface area contributed by atoms with E-state index in [-0.39, 0.29) is 5.91 Å². The fourth-order valence-corrected chi connectivity index (χ4v) is 4.39. The van der Waals surface area contributed by atoms with E-state index in [0.717, 1.165) is 11.1 Å². The van der Waals surface area contributed by atoms with Crippen LogP contribution in [0.4, 0.5) is 0 Å². The highest BCUT2D eigenvalue weighted by molar-refractivity contribution is 8.26. The van der Waals surface area contributed by atoms with Crippen molar-refractivity contribution in [2.75, 3.05) is 13.2 Å². The number of thioether (sulfide) groups is 1. The van der Waals surface area contributed by atoms with Crippen LogP contribution in [0, 0.1) is 0 Å². The Labute approximate surface area is 179 Å². The summed E-state index contributed by atoms with van der Waals surface area (Å²) in [6.45, 7) is 5.21. The number of rotatable bonds is 7. The minimum absolute atomic E-state index is 0.0870. The molecule has 1 saturated heterocycles. The maximum absolute atomic E-state index is 12.4. The Balaban J connectivity index is 1.87. The SMILES string of the molecule is CCOc1cc(/C=C2/SC(=S)N(CC)C2=O)cc(Cl)c1OCc1ccccc1. The molecule has 1 fully saturated rings. The number of nitrogens with zero attached hydrogens (tertiary/aromatic N) is 1. The lowest BCUT2D eigenvalue weighted by Gasteiger charge is -2.15. The van der Waals surface area contributed by atoms with Crippen molar-refractivity contribution in [1.29, 1.82) is 0 Å². The van der Waals surface area contributed by atoms with E-state index >= 15 is 0 Å². The van der Waals surface area contributed by atoms with Gasteiger partial charge < -0.3 is 9.47 Å². The molecular formula is C21H20ClNO3S2. The summed E-state index contributed by atoms with van der Waals surface area (Å²) in [5.74, 6) is 0.949. The fourth-order valence-electron chi connectivity index (χ4n) is 2.73. The van der Waals surface area contributed by atoms with Crippen molar-refractivity contribution in [3.8, 4) is 11.5 Å². The van der Waals surface area contributed by atoms with Gasteiger partial charge in [0, 0.05) is 6.54 Å². The molecule has 0 aliphatic carbocycles. The van der Waals surface area contributed by atoms with Crippen LogP contribution in [0.5, 0.6) is 11.5 Å². The molecule has 1 aliphatic heterocycles. The number of amides is 1. The van der Waals surface area contributed by atoms with Gasteiger partial charge >= 0.3 is 0 Å². The van der Waals surface area contributed by atoms with Gasteiger partial charge in [0.15, 0.2) is 11.5 Å². The van der Waals surface area contributed by atoms with Crippen molar-refractivity contribution in [1.82, 2.24) is 4.90 Å². The number of likely N-dealkylation sites (N-methyl/N-ethyl adjacent to an activating group) is 1. The normalized spacial score (nSPS) is 15.4. The molecule has 0 spiro atoms. The van der Waals surface area contributed by atoms with Gasteiger partial charge in [-0.05, 0) is 43.2 Å². The molecule has 2 aromatic carbocycles. The van der Waals surface area contributed by atoms with E-state index < -0.39 is 0 Å². The van der Waals surface area contributed by atoms with Crippen LogP contribution in [0.3, 0.4) is 0 Å². The molecular weight excluding hydrogens is 414 g/mol. The van der Waals surface area contributed by atoms with Gasteiger partial charge in [-0.15, -0.1) is 0 Å². The van der Waals surface area contributed by atoms with Gasteiger partial charge in [-0.3, -0.25) is 9.69 Å². The van der Waals surface area contributed by atoms with Gasteiger partial charge in [-0.2, -0.15) is 0 Å². The highest BCUT2D eigenvalue weighted by atomic mass is 35.5. The Morgan fingerprint density at radius 3 is 2.57 bits per heavy atom. The van der Waals surface area contributed by atoms with Gasteiger partial charge in [0.2, 0.25) is 0 Å². The number of carbonyl (C=O) groups is 1. The summed E-state index contributed by atoms with van der Waals surface area (Å²) in [7, 11) is 0. The third-order valence-electron chi connectivity index (χ3n) is 4.05. The van der Waals surface area contributed by atoms with Gasteiger partial charge in [0.05, 0.1) is 16.5 Å². The molecule has 3 rings (SSSR count). The van der Waals surface area contributed by atoms with Gasteiger partial charge in [0.1, 0.15) is 10.9 Å². The highest BCUT2D eigenvalue weighted by Gasteiger charge is 2.30. The van der Waals surface area contributed by atoms with E-state index in [1.165, 1.54) is 11.8 Å². The van der Waals surface area contributed by atoms with E-state index in [9.17, 15) is 4.79 Å². The molecule has 1 amide bonds. The lowest BCUT2D eigenvalue weighted by molar-refractivity contribution is -0.121. The maximum Gasteiger partial charge on any atom is 0.266 e. The molecule has 0 radical (unpaired) electrons. The largest absolute Gasteiger partial charge is 0.490 e. The van der Waals surface area contributed by atoms with Crippen molar-refractivity contribution in [3.63, 3.8) is 0 Å². The van der Waals surface area contributed by atoms with Crippen molar-refractivity contribution in [2.45, 2.75) is 20.5 Å². The minimum atomic E-state index is -0.0870. The summed E-state index contributed by atoms with van der Waals surface area (Å²) in [6.07, 6.45) is 1.78. The summed E-state index contributed by atoms with van der Waals surface area (Å²) in [6, 6.07) is 13.4.